The molecule has 1 aromatic rings. The lowest BCUT2D eigenvalue weighted by Crippen LogP contribution is -2.21. The fraction of sp³-hybridized carbons (Fsp3) is 0.538. The van der Waals surface area contributed by atoms with E-state index in [0.29, 0.717) is 11.4 Å². The molecular formula is C13H20ClNO2. The molecule has 0 aliphatic carbocycles. The van der Waals surface area contributed by atoms with Gasteiger partial charge in [-0.2, -0.15) is 0 Å². The molecule has 17 heavy (non-hydrogen) atoms. The van der Waals surface area contributed by atoms with Gasteiger partial charge in [-0.3, -0.25) is 0 Å². The van der Waals surface area contributed by atoms with Crippen LogP contribution < -0.4 is 4.74 Å². The summed E-state index contributed by atoms with van der Waals surface area (Å²) in [4.78, 5) is 2.05. The highest BCUT2D eigenvalue weighted by Gasteiger charge is 2.10. The van der Waals surface area contributed by atoms with Gasteiger partial charge in [-0.05, 0) is 50.8 Å². The Morgan fingerprint density at radius 3 is 2.71 bits per heavy atom. The standard InChI is InChI=1S/C13H20ClNO2/c1-15(2)7-6-12(16)9-10-8-11(14)4-5-13(10)17-3/h4-5,8,12,16H,6-7,9H2,1-3H3. The van der Waals surface area contributed by atoms with Gasteiger partial charge >= 0.3 is 0 Å². The van der Waals surface area contributed by atoms with Gasteiger partial charge in [-0.25, -0.2) is 0 Å². The Balaban J connectivity index is 2.63. The van der Waals surface area contributed by atoms with E-state index in [9.17, 15) is 5.11 Å². The zero-order valence-electron chi connectivity index (χ0n) is 10.6. The number of aliphatic hydroxyl groups is 1. The van der Waals surface area contributed by atoms with E-state index in [-0.39, 0.29) is 6.10 Å². The third kappa shape index (κ3) is 4.94. The molecule has 0 radical (unpaired) electrons. The van der Waals surface area contributed by atoms with Crippen molar-refractivity contribution in [1.29, 1.82) is 0 Å². The fourth-order valence-corrected chi connectivity index (χ4v) is 1.86. The molecule has 0 spiro atoms. The third-order valence-corrected chi connectivity index (χ3v) is 2.84. The number of nitrogens with zero attached hydrogens (tertiary/aromatic N) is 1. The maximum Gasteiger partial charge on any atom is 0.122 e. The first kappa shape index (κ1) is 14.3. The van der Waals surface area contributed by atoms with Gasteiger partial charge in [0, 0.05) is 11.4 Å². The lowest BCUT2D eigenvalue weighted by Gasteiger charge is -2.16. The van der Waals surface area contributed by atoms with Crippen molar-refractivity contribution in [3.8, 4) is 5.75 Å². The number of hydrogen-bond donors (Lipinski definition) is 1. The van der Waals surface area contributed by atoms with Crippen LogP contribution in [0.4, 0.5) is 0 Å². The van der Waals surface area contributed by atoms with E-state index in [1.807, 2.05) is 26.2 Å². The lowest BCUT2D eigenvalue weighted by molar-refractivity contribution is 0.151. The molecule has 96 valence electrons. The molecule has 0 saturated carbocycles. The fourth-order valence-electron chi connectivity index (χ4n) is 1.67. The van der Waals surface area contributed by atoms with Crippen LogP contribution >= 0.6 is 11.6 Å². The first-order valence-corrected chi connectivity index (χ1v) is 6.06. The van der Waals surface area contributed by atoms with E-state index in [2.05, 4.69) is 4.90 Å². The van der Waals surface area contributed by atoms with E-state index >= 15 is 0 Å². The van der Waals surface area contributed by atoms with E-state index < -0.39 is 0 Å². The van der Waals surface area contributed by atoms with Gasteiger partial charge in [0.25, 0.3) is 0 Å². The minimum atomic E-state index is -0.371. The van der Waals surface area contributed by atoms with E-state index in [1.54, 1.807) is 13.2 Å². The second kappa shape index (κ2) is 6.84. The highest BCUT2D eigenvalue weighted by molar-refractivity contribution is 6.30. The number of methoxy groups -OCH3 is 1. The smallest absolute Gasteiger partial charge is 0.122 e. The summed E-state index contributed by atoms with van der Waals surface area (Å²) < 4.78 is 5.25. The van der Waals surface area contributed by atoms with Crippen molar-refractivity contribution in [2.45, 2.75) is 18.9 Å². The number of benzene rings is 1. The van der Waals surface area contributed by atoms with Crippen LogP contribution in [-0.4, -0.2) is 43.9 Å². The molecule has 1 unspecified atom stereocenters. The predicted octanol–water partition coefficient (Wildman–Crippen LogP) is 2.20. The van der Waals surface area contributed by atoms with Crippen LogP contribution in [-0.2, 0) is 6.42 Å². The van der Waals surface area contributed by atoms with Gasteiger partial charge in [-0.15, -0.1) is 0 Å². The van der Waals surface area contributed by atoms with Gasteiger partial charge in [-0.1, -0.05) is 11.6 Å². The molecule has 1 N–H and O–H groups in total. The first-order valence-electron chi connectivity index (χ1n) is 5.68. The molecular weight excluding hydrogens is 238 g/mol. The summed E-state index contributed by atoms with van der Waals surface area (Å²) in [5.74, 6) is 0.776. The highest BCUT2D eigenvalue weighted by Crippen LogP contribution is 2.24. The molecule has 0 heterocycles. The molecule has 0 bridgehead atoms. The Hall–Kier alpha value is -0.770. The molecule has 4 heteroatoms. The number of aliphatic hydroxyl groups excluding tert-OH is 1. The van der Waals surface area contributed by atoms with Crippen molar-refractivity contribution in [2.24, 2.45) is 0 Å². The predicted molar refractivity (Wildman–Crippen MR) is 70.9 cm³/mol. The minimum Gasteiger partial charge on any atom is -0.496 e. The van der Waals surface area contributed by atoms with Crippen LogP contribution in [0.1, 0.15) is 12.0 Å². The number of halogens is 1. The summed E-state index contributed by atoms with van der Waals surface area (Å²) in [5.41, 5.74) is 0.950. The molecule has 3 nitrogen and oxygen atoms in total. The molecule has 0 saturated heterocycles. The summed E-state index contributed by atoms with van der Waals surface area (Å²) in [6, 6.07) is 5.46. The summed E-state index contributed by atoms with van der Waals surface area (Å²) in [6.45, 7) is 0.865. The molecule has 0 aliphatic heterocycles. The average Bonchev–Trinajstić information content (AvgIpc) is 2.27. The number of rotatable bonds is 6. The van der Waals surface area contributed by atoms with Crippen LogP contribution in [0.25, 0.3) is 0 Å². The van der Waals surface area contributed by atoms with Crippen molar-refractivity contribution in [1.82, 2.24) is 4.90 Å². The largest absolute Gasteiger partial charge is 0.496 e. The summed E-state index contributed by atoms with van der Waals surface area (Å²) in [7, 11) is 5.61. The van der Waals surface area contributed by atoms with Crippen molar-refractivity contribution in [2.75, 3.05) is 27.7 Å². The maximum atomic E-state index is 9.94. The third-order valence-electron chi connectivity index (χ3n) is 2.61. The first-order chi connectivity index (χ1) is 8.02. The Bertz CT molecular complexity index is 355. The lowest BCUT2D eigenvalue weighted by atomic mass is 10.0. The Morgan fingerprint density at radius 1 is 1.41 bits per heavy atom. The quantitative estimate of drug-likeness (QED) is 0.848. The van der Waals surface area contributed by atoms with Gasteiger partial charge in [0.2, 0.25) is 0 Å². The van der Waals surface area contributed by atoms with Crippen molar-refractivity contribution in [3.05, 3.63) is 28.8 Å². The topological polar surface area (TPSA) is 32.7 Å². The molecule has 1 rings (SSSR count). The zero-order valence-corrected chi connectivity index (χ0v) is 11.4. The molecule has 0 aliphatic rings. The van der Waals surface area contributed by atoms with E-state index in [1.165, 1.54) is 0 Å². The van der Waals surface area contributed by atoms with Crippen LogP contribution in [0, 0.1) is 0 Å². The number of ether oxygens (including phenoxy) is 1. The average molecular weight is 258 g/mol. The van der Waals surface area contributed by atoms with Crippen molar-refractivity contribution < 1.29 is 9.84 Å². The van der Waals surface area contributed by atoms with E-state index in [4.69, 9.17) is 16.3 Å². The highest BCUT2D eigenvalue weighted by atomic mass is 35.5. The van der Waals surface area contributed by atoms with Gasteiger partial charge in [0.15, 0.2) is 0 Å². The minimum absolute atomic E-state index is 0.371. The summed E-state index contributed by atoms with van der Waals surface area (Å²) in [5, 5.41) is 10.6. The van der Waals surface area contributed by atoms with Gasteiger partial charge in [0.1, 0.15) is 5.75 Å². The second-order valence-corrected chi connectivity index (χ2v) is 4.84. The van der Waals surface area contributed by atoms with E-state index in [0.717, 1.165) is 24.3 Å². The normalized spacial score (nSPS) is 12.8. The second-order valence-electron chi connectivity index (χ2n) is 4.41. The molecule has 1 atom stereocenters. The molecule has 0 fully saturated rings. The van der Waals surface area contributed by atoms with Crippen LogP contribution in [0.3, 0.4) is 0 Å². The van der Waals surface area contributed by atoms with Gasteiger partial charge in [0.05, 0.1) is 13.2 Å². The van der Waals surface area contributed by atoms with Crippen molar-refractivity contribution in [3.63, 3.8) is 0 Å². The Kier molecular flexibility index (Phi) is 5.75. The maximum absolute atomic E-state index is 9.94. The molecule has 0 aromatic heterocycles. The zero-order chi connectivity index (χ0) is 12.8. The van der Waals surface area contributed by atoms with Gasteiger partial charge < -0.3 is 14.7 Å². The van der Waals surface area contributed by atoms with Crippen molar-refractivity contribution >= 4 is 11.6 Å². The van der Waals surface area contributed by atoms with Crippen LogP contribution in [0.2, 0.25) is 5.02 Å². The molecule has 1 aromatic carbocycles. The Labute approximate surface area is 108 Å². The summed E-state index contributed by atoms with van der Waals surface area (Å²) in [6.07, 6.45) is 0.935. The Morgan fingerprint density at radius 2 is 2.12 bits per heavy atom. The monoisotopic (exact) mass is 257 g/mol. The summed E-state index contributed by atoms with van der Waals surface area (Å²) >= 11 is 5.94. The van der Waals surface area contributed by atoms with Crippen LogP contribution in [0.5, 0.6) is 5.75 Å². The van der Waals surface area contributed by atoms with Crippen LogP contribution in [0.15, 0.2) is 18.2 Å². The number of hydrogen-bond acceptors (Lipinski definition) is 3. The molecule has 0 amide bonds. The SMILES string of the molecule is COc1ccc(Cl)cc1CC(O)CCN(C)C.